The van der Waals surface area contributed by atoms with Gasteiger partial charge in [-0.25, -0.2) is 0 Å². The van der Waals surface area contributed by atoms with Crippen molar-refractivity contribution in [2.24, 2.45) is 21.4 Å². The first-order valence-corrected chi connectivity index (χ1v) is 7.61. The molecule has 0 radical (unpaired) electrons. The summed E-state index contributed by atoms with van der Waals surface area (Å²) in [6.45, 7) is 1.87. The lowest BCUT2D eigenvalue weighted by Gasteiger charge is -2.34. The Balaban J connectivity index is 2.04. The number of allylic oxidation sites excluding steroid dienone is 1. The number of nitrogens with two attached hydrogens (primary N) is 1. The van der Waals surface area contributed by atoms with Crippen LogP contribution in [0.4, 0.5) is 0 Å². The third-order valence-electron chi connectivity index (χ3n) is 4.57. The Morgan fingerprint density at radius 3 is 2.90 bits per heavy atom. The third kappa shape index (κ3) is 3.66. The van der Waals surface area contributed by atoms with Gasteiger partial charge >= 0.3 is 0 Å². The molecule has 1 aliphatic heterocycles. The maximum Gasteiger partial charge on any atom is 0.127 e. The van der Waals surface area contributed by atoms with Crippen molar-refractivity contribution in [1.29, 1.82) is 0 Å². The number of hydrogen-bond donors (Lipinski definition) is 1. The van der Waals surface area contributed by atoms with Gasteiger partial charge in [0.2, 0.25) is 0 Å². The SMILES string of the molecule is C/N=N\C1CCC(C=O)(CN2C=CCCC2)CCC1N. The van der Waals surface area contributed by atoms with E-state index in [4.69, 9.17) is 5.73 Å². The predicted octanol–water partition coefficient (Wildman–Crippen LogP) is 2.13. The van der Waals surface area contributed by atoms with Crippen molar-refractivity contribution in [1.82, 2.24) is 4.90 Å². The molecule has 0 aromatic carbocycles. The number of aldehydes is 1. The minimum absolute atomic E-state index is 0.0254. The van der Waals surface area contributed by atoms with Crippen molar-refractivity contribution >= 4 is 6.29 Å². The Bertz CT molecular complexity index is 382. The van der Waals surface area contributed by atoms with Crippen LogP contribution < -0.4 is 5.73 Å². The maximum atomic E-state index is 11.7. The lowest BCUT2D eigenvalue weighted by molar-refractivity contribution is -0.117. The van der Waals surface area contributed by atoms with Crippen molar-refractivity contribution < 1.29 is 4.79 Å². The summed E-state index contributed by atoms with van der Waals surface area (Å²) in [5.41, 5.74) is 5.91. The van der Waals surface area contributed by atoms with Crippen molar-refractivity contribution in [3.63, 3.8) is 0 Å². The van der Waals surface area contributed by atoms with E-state index in [2.05, 4.69) is 27.4 Å². The topological polar surface area (TPSA) is 71.0 Å². The number of rotatable bonds is 4. The van der Waals surface area contributed by atoms with E-state index in [1.54, 1.807) is 7.05 Å². The largest absolute Gasteiger partial charge is 0.377 e. The molecule has 1 aliphatic carbocycles. The fourth-order valence-electron chi connectivity index (χ4n) is 3.27. The second kappa shape index (κ2) is 6.97. The van der Waals surface area contributed by atoms with Crippen LogP contribution in [-0.4, -0.2) is 43.4 Å². The van der Waals surface area contributed by atoms with Gasteiger partial charge < -0.3 is 15.4 Å². The molecule has 2 aliphatic rings. The Morgan fingerprint density at radius 1 is 1.45 bits per heavy atom. The molecule has 0 aromatic rings. The second-order valence-corrected chi connectivity index (χ2v) is 6.10. The molecular weight excluding hydrogens is 252 g/mol. The summed E-state index contributed by atoms with van der Waals surface area (Å²) in [5, 5.41) is 8.10. The molecule has 0 aromatic heterocycles. The van der Waals surface area contributed by atoms with Crippen LogP contribution in [0.1, 0.15) is 38.5 Å². The van der Waals surface area contributed by atoms with Crippen molar-refractivity contribution in [3.8, 4) is 0 Å². The summed E-state index contributed by atoms with van der Waals surface area (Å²) < 4.78 is 0. The molecule has 1 saturated carbocycles. The molecular formula is C15H26N4O. The van der Waals surface area contributed by atoms with Crippen LogP contribution in [0, 0.1) is 5.41 Å². The van der Waals surface area contributed by atoms with Crippen LogP contribution in [0.25, 0.3) is 0 Å². The summed E-state index contributed by atoms with van der Waals surface area (Å²) in [6.07, 6.45) is 11.2. The molecule has 2 rings (SSSR count). The fraction of sp³-hybridized carbons (Fsp3) is 0.800. The Labute approximate surface area is 121 Å². The molecule has 0 spiro atoms. The van der Waals surface area contributed by atoms with Gasteiger partial charge in [-0.2, -0.15) is 10.2 Å². The van der Waals surface area contributed by atoms with Crippen LogP contribution in [0.2, 0.25) is 0 Å². The first-order chi connectivity index (χ1) is 9.69. The van der Waals surface area contributed by atoms with Crippen LogP contribution >= 0.6 is 0 Å². The van der Waals surface area contributed by atoms with E-state index < -0.39 is 0 Å². The van der Waals surface area contributed by atoms with E-state index in [-0.39, 0.29) is 17.5 Å². The summed E-state index contributed by atoms with van der Waals surface area (Å²) in [6, 6.07) is 0.0937. The quantitative estimate of drug-likeness (QED) is 0.486. The van der Waals surface area contributed by atoms with Crippen LogP contribution in [0.5, 0.6) is 0 Å². The average Bonchev–Trinajstić information content (AvgIpc) is 2.63. The zero-order chi connectivity index (χ0) is 14.4. The van der Waals surface area contributed by atoms with Crippen molar-refractivity contribution in [3.05, 3.63) is 12.3 Å². The Morgan fingerprint density at radius 2 is 2.25 bits per heavy atom. The van der Waals surface area contributed by atoms with E-state index in [1.807, 2.05) is 0 Å². The van der Waals surface area contributed by atoms with Crippen molar-refractivity contribution in [2.75, 3.05) is 20.1 Å². The van der Waals surface area contributed by atoms with Crippen LogP contribution in [-0.2, 0) is 4.79 Å². The van der Waals surface area contributed by atoms with Gasteiger partial charge in [-0.15, -0.1) is 0 Å². The van der Waals surface area contributed by atoms with Crippen LogP contribution in [0.3, 0.4) is 0 Å². The Hall–Kier alpha value is -1.23. The highest BCUT2D eigenvalue weighted by Gasteiger charge is 2.37. The van der Waals surface area contributed by atoms with E-state index in [1.165, 1.54) is 6.42 Å². The third-order valence-corrected chi connectivity index (χ3v) is 4.57. The van der Waals surface area contributed by atoms with E-state index in [9.17, 15) is 4.79 Å². The Kier molecular flexibility index (Phi) is 5.29. The highest BCUT2D eigenvalue weighted by Crippen LogP contribution is 2.35. The maximum absolute atomic E-state index is 11.7. The first-order valence-electron chi connectivity index (χ1n) is 7.61. The molecule has 5 nitrogen and oxygen atoms in total. The van der Waals surface area contributed by atoms with Gasteiger partial charge in [-0.05, 0) is 44.7 Å². The molecule has 3 atom stereocenters. The number of nitrogens with zero attached hydrogens (tertiary/aromatic N) is 3. The normalized spacial score (nSPS) is 35.2. The summed E-state index contributed by atoms with van der Waals surface area (Å²) in [5.74, 6) is 0. The molecule has 3 unspecified atom stereocenters. The molecule has 1 fully saturated rings. The van der Waals surface area contributed by atoms with Gasteiger partial charge in [0.1, 0.15) is 6.29 Å². The molecule has 20 heavy (non-hydrogen) atoms. The first kappa shape index (κ1) is 15.2. The lowest BCUT2D eigenvalue weighted by Crippen LogP contribution is -2.37. The van der Waals surface area contributed by atoms with Gasteiger partial charge in [0.25, 0.3) is 0 Å². The molecule has 2 N–H and O–H groups in total. The van der Waals surface area contributed by atoms with Crippen molar-refractivity contribution in [2.45, 2.75) is 50.6 Å². The number of hydrogen-bond acceptors (Lipinski definition) is 5. The molecule has 1 heterocycles. The predicted molar refractivity (Wildman–Crippen MR) is 79.5 cm³/mol. The molecule has 112 valence electrons. The zero-order valence-corrected chi connectivity index (χ0v) is 12.4. The average molecular weight is 278 g/mol. The number of azo groups is 1. The molecule has 5 heteroatoms. The number of carbonyl (C=O) groups excluding carboxylic acids is 1. The minimum atomic E-state index is -0.267. The summed E-state index contributed by atoms with van der Waals surface area (Å²) >= 11 is 0. The molecule has 0 bridgehead atoms. The summed E-state index contributed by atoms with van der Waals surface area (Å²) in [7, 11) is 1.68. The molecule has 0 saturated heterocycles. The number of carbonyl (C=O) groups is 1. The summed E-state index contributed by atoms with van der Waals surface area (Å²) in [4.78, 5) is 14.0. The van der Waals surface area contributed by atoms with Gasteiger partial charge in [-0.3, -0.25) is 0 Å². The van der Waals surface area contributed by atoms with E-state index >= 15 is 0 Å². The monoisotopic (exact) mass is 278 g/mol. The highest BCUT2D eigenvalue weighted by atomic mass is 16.1. The van der Waals surface area contributed by atoms with Crippen LogP contribution in [0.15, 0.2) is 22.5 Å². The lowest BCUT2D eigenvalue weighted by atomic mass is 9.81. The zero-order valence-electron chi connectivity index (χ0n) is 12.4. The minimum Gasteiger partial charge on any atom is -0.377 e. The highest BCUT2D eigenvalue weighted by molar-refractivity contribution is 5.60. The second-order valence-electron chi connectivity index (χ2n) is 6.10. The van der Waals surface area contributed by atoms with E-state index in [0.29, 0.717) is 0 Å². The molecule has 0 amide bonds. The fourth-order valence-corrected chi connectivity index (χ4v) is 3.27. The van der Waals surface area contributed by atoms with Gasteiger partial charge in [0.15, 0.2) is 0 Å². The standard InChI is InChI=1S/C15H26N4O/c1-17-18-14-6-8-15(12-20,7-5-13(14)16)11-19-9-3-2-4-10-19/h3,9,12-14H,2,4-8,10-11,16H2,1H3/b18-17-. The van der Waals surface area contributed by atoms with E-state index in [0.717, 1.165) is 51.5 Å². The smallest absolute Gasteiger partial charge is 0.127 e. The van der Waals surface area contributed by atoms with Gasteiger partial charge in [-0.1, -0.05) is 6.08 Å². The van der Waals surface area contributed by atoms with Gasteiger partial charge in [0, 0.05) is 31.6 Å². The van der Waals surface area contributed by atoms with Gasteiger partial charge in [0.05, 0.1) is 6.04 Å².